The number of hydrogen-bond acceptors (Lipinski definition) is 1. The van der Waals surface area contributed by atoms with Crippen LogP contribution in [0.3, 0.4) is 0 Å². The normalized spacial score (nSPS) is 43.9. The molecular weight excluding hydrogens is 170 g/mol. The molecule has 2 aliphatic rings. The molecule has 2 saturated carbocycles. The molecule has 2 aliphatic carbocycles. The van der Waals surface area contributed by atoms with Crippen molar-refractivity contribution in [1.82, 2.24) is 0 Å². The standard InChI is InChI=1S/C13H25N/c1-9(6-7-11-8-10(11)2)12-4-3-5-13(12)14/h9-13H,3-8,14H2,1-2H3. The summed E-state index contributed by atoms with van der Waals surface area (Å²) in [6.45, 7) is 4.81. The predicted molar refractivity (Wildman–Crippen MR) is 61.0 cm³/mol. The second-order valence-corrected chi connectivity index (χ2v) is 5.79. The Morgan fingerprint density at radius 1 is 1.36 bits per heavy atom. The number of nitrogens with two attached hydrogens (primary N) is 1. The fourth-order valence-corrected chi connectivity index (χ4v) is 3.22. The van der Waals surface area contributed by atoms with Gasteiger partial charge >= 0.3 is 0 Å². The van der Waals surface area contributed by atoms with Crippen LogP contribution in [0.5, 0.6) is 0 Å². The molecule has 2 fully saturated rings. The van der Waals surface area contributed by atoms with Crippen molar-refractivity contribution in [2.75, 3.05) is 0 Å². The van der Waals surface area contributed by atoms with Gasteiger partial charge in [-0.25, -0.2) is 0 Å². The summed E-state index contributed by atoms with van der Waals surface area (Å²) in [5, 5.41) is 0. The first kappa shape index (κ1) is 10.5. The van der Waals surface area contributed by atoms with Gasteiger partial charge in [-0.05, 0) is 49.4 Å². The maximum atomic E-state index is 6.13. The van der Waals surface area contributed by atoms with E-state index in [1.165, 1.54) is 38.5 Å². The van der Waals surface area contributed by atoms with Gasteiger partial charge < -0.3 is 5.73 Å². The highest BCUT2D eigenvalue weighted by molar-refractivity contribution is 4.86. The van der Waals surface area contributed by atoms with Gasteiger partial charge in [-0.2, -0.15) is 0 Å². The number of rotatable bonds is 4. The van der Waals surface area contributed by atoms with Gasteiger partial charge in [0.05, 0.1) is 0 Å². The predicted octanol–water partition coefficient (Wildman–Crippen LogP) is 3.19. The van der Waals surface area contributed by atoms with Crippen molar-refractivity contribution in [1.29, 1.82) is 0 Å². The van der Waals surface area contributed by atoms with Gasteiger partial charge in [-0.3, -0.25) is 0 Å². The zero-order valence-electron chi connectivity index (χ0n) is 9.71. The fourth-order valence-electron chi connectivity index (χ4n) is 3.22. The Morgan fingerprint density at radius 2 is 2.07 bits per heavy atom. The van der Waals surface area contributed by atoms with Crippen LogP contribution in [0.25, 0.3) is 0 Å². The smallest absolute Gasteiger partial charge is 0.00697 e. The zero-order valence-corrected chi connectivity index (χ0v) is 9.71. The minimum atomic E-state index is 0.515. The molecule has 2 rings (SSSR count). The largest absolute Gasteiger partial charge is 0.327 e. The van der Waals surface area contributed by atoms with Crippen molar-refractivity contribution in [2.24, 2.45) is 29.4 Å². The van der Waals surface area contributed by atoms with Gasteiger partial charge in [0.1, 0.15) is 0 Å². The molecule has 0 aromatic rings. The second-order valence-electron chi connectivity index (χ2n) is 5.79. The van der Waals surface area contributed by atoms with E-state index < -0.39 is 0 Å². The molecule has 82 valence electrons. The zero-order chi connectivity index (χ0) is 10.1. The Labute approximate surface area is 88.4 Å². The third kappa shape index (κ3) is 2.31. The first-order valence-electron chi connectivity index (χ1n) is 6.44. The summed E-state index contributed by atoms with van der Waals surface area (Å²) in [6.07, 6.45) is 8.41. The Kier molecular flexibility index (Phi) is 3.16. The van der Waals surface area contributed by atoms with Gasteiger partial charge in [0.2, 0.25) is 0 Å². The van der Waals surface area contributed by atoms with Crippen molar-refractivity contribution < 1.29 is 0 Å². The Bertz CT molecular complexity index is 190. The van der Waals surface area contributed by atoms with Crippen LogP contribution in [-0.4, -0.2) is 6.04 Å². The minimum Gasteiger partial charge on any atom is -0.327 e. The summed E-state index contributed by atoms with van der Waals surface area (Å²) in [6, 6.07) is 0.515. The maximum Gasteiger partial charge on any atom is 0.00697 e. The summed E-state index contributed by atoms with van der Waals surface area (Å²) in [4.78, 5) is 0. The monoisotopic (exact) mass is 195 g/mol. The Morgan fingerprint density at radius 3 is 2.57 bits per heavy atom. The highest BCUT2D eigenvalue weighted by Crippen LogP contribution is 2.43. The molecule has 0 radical (unpaired) electrons. The van der Waals surface area contributed by atoms with Crippen LogP contribution in [0.4, 0.5) is 0 Å². The van der Waals surface area contributed by atoms with E-state index >= 15 is 0 Å². The van der Waals surface area contributed by atoms with Crippen LogP contribution >= 0.6 is 0 Å². The van der Waals surface area contributed by atoms with E-state index in [-0.39, 0.29) is 0 Å². The SMILES string of the molecule is CC1CC1CCC(C)C1CCCC1N. The summed E-state index contributed by atoms with van der Waals surface area (Å²) in [7, 11) is 0. The van der Waals surface area contributed by atoms with Crippen molar-refractivity contribution in [3.05, 3.63) is 0 Å². The van der Waals surface area contributed by atoms with Crippen LogP contribution in [0, 0.1) is 23.7 Å². The molecule has 5 atom stereocenters. The first-order chi connectivity index (χ1) is 6.68. The minimum absolute atomic E-state index is 0.515. The Balaban J connectivity index is 1.69. The molecule has 0 saturated heterocycles. The van der Waals surface area contributed by atoms with Gasteiger partial charge in [0.25, 0.3) is 0 Å². The third-order valence-corrected chi connectivity index (χ3v) is 4.62. The summed E-state index contributed by atoms with van der Waals surface area (Å²) in [5.74, 6) is 3.80. The van der Waals surface area contributed by atoms with Crippen molar-refractivity contribution in [3.63, 3.8) is 0 Å². The topological polar surface area (TPSA) is 26.0 Å². The van der Waals surface area contributed by atoms with Crippen LogP contribution in [0.15, 0.2) is 0 Å². The molecule has 0 heterocycles. The molecule has 5 unspecified atom stereocenters. The molecule has 2 N–H and O–H groups in total. The van der Waals surface area contributed by atoms with Crippen molar-refractivity contribution in [3.8, 4) is 0 Å². The fraction of sp³-hybridized carbons (Fsp3) is 1.00. The van der Waals surface area contributed by atoms with Crippen molar-refractivity contribution in [2.45, 2.75) is 58.4 Å². The van der Waals surface area contributed by atoms with Gasteiger partial charge in [-0.1, -0.05) is 26.7 Å². The summed E-state index contributed by atoms with van der Waals surface area (Å²) >= 11 is 0. The molecular formula is C13H25N. The van der Waals surface area contributed by atoms with E-state index in [2.05, 4.69) is 13.8 Å². The molecule has 1 nitrogen and oxygen atoms in total. The molecule has 0 aliphatic heterocycles. The molecule has 0 aromatic carbocycles. The average molecular weight is 195 g/mol. The van der Waals surface area contributed by atoms with Crippen molar-refractivity contribution >= 4 is 0 Å². The summed E-state index contributed by atoms with van der Waals surface area (Å²) in [5.41, 5.74) is 6.13. The third-order valence-electron chi connectivity index (χ3n) is 4.62. The lowest BCUT2D eigenvalue weighted by Crippen LogP contribution is -2.29. The highest BCUT2D eigenvalue weighted by Gasteiger charge is 2.34. The van der Waals surface area contributed by atoms with Crippen LogP contribution in [0.1, 0.15) is 52.4 Å². The molecule has 0 spiro atoms. The highest BCUT2D eigenvalue weighted by atomic mass is 14.7. The molecule has 0 aromatic heterocycles. The van der Waals surface area contributed by atoms with Crippen LogP contribution in [0.2, 0.25) is 0 Å². The molecule has 1 heteroatoms. The van der Waals surface area contributed by atoms with Gasteiger partial charge in [0, 0.05) is 6.04 Å². The lowest BCUT2D eigenvalue weighted by Gasteiger charge is -2.23. The maximum absolute atomic E-state index is 6.13. The van der Waals surface area contributed by atoms with Gasteiger partial charge in [0.15, 0.2) is 0 Å². The average Bonchev–Trinajstić information content (AvgIpc) is 2.67. The number of hydrogen-bond donors (Lipinski definition) is 1. The lowest BCUT2D eigenvalue weighted by atomic mass is 9.86. The molecule has 0 amide bonds. The van der Waals surface area contributed by atoms with E-state index in [0.29, 0.717) is 6.04 Å². The van der Waals surface area contributed by atoms with E-state index in [9.17, 15) is 0 Å². The van der Waals surface area contributed by atoms with Gasteiger partial charge in [-0.15, -0.1) is 0 Å². The van der Waals surface area contributed by atoms with E-state index in [0.717, 1.165) is 23.7 Å². The quantitative estimate of drug-likeness (QED) is 0.732. The van der Waals surface area contributed by atoms with Crippen LogP contribution in [-0.2, 0) is 0 Å². The summed E-state index contributed by atoms with van der Waals surface area (Å²) < 4.78 is 0. The molecule has 14 heavy (non-hydrogen) atoms. The second kappa shape index (κ2) is 4.22. The van der Waals surface area contributed by atoms with Crippen LogP contribution < -0.4 is 5.73 Å². The molecule has 0 bridgehead atoms. The van der Waals surface area contributed by atoms with E-state index in [1.54, 1.807) is 0 Å². The van der Waals surface area contributed by atoms with E-state index in [1.807, 2.05) is 0 Å². The van der Waals surface area contributed by atoms with E-state index in [4.69, 9.17) is 5.73 Å². The lowest BCUT2D eigenvalue weighted by molar-refractivity contribution is 0.303. The first-order valence-corrected chi connectivity index (χ1v) is 6.44. The Hall–Kier alpha value is -0.0400.